The van der Waals surface area contributed by atoms with Crippen LogP contribution in [0.2, 0.25) is 0 Å². The fourth-order valence-corrected chi connectivity index (χ4v) is 4.72. The first-order chi connectivity index (χ1) is 14.0. The van der Waals surface area contributed by atoms with Gasteiger partial charge in [0.25, 0.3) is 0 Å². The summed E-state index contributed by atoms with van der Waals surface area (Å²) in [4.78, 5) is 19.6. The molecular formula is C21H28IN3O4. The van der Waals surface area contributed by atoms with E-state index < -0.39 is 0 Å². The molecular weight excluding hydrogens is 485 g/mol. The molecule has 2 aromatic rings. The van der Waals surface area contributed by atoms with Gasteiger partial charge in [-0.1, -0.05) is 0 Å². The van der Waals surface area contributed by atoms with Crippen molar-refractivity contribution < 1.29 is 13.9 Å². The molecule has 8 heteroatoms. The molecule has 2 saturated heterocycles. The highest BCUT2D eigenvalue weighted by molar-refractivity contribution is 14.1. The second-order valence-electron chi connectivity index (χ2n) is 7.73. The molecule has 158 valence electrons. The van der Waals surface area contributed by atoms with Gasteiger partial charge >= 0.3 is 0 Å². The lowest BCUT2D eigenvalue weighted by Gasteiger charge is -2.32. The van der Waals surface area contributed by atoms with Crippen molar-refractivity contribution in [3.8, 4) is 5.75 Å². The van der Waals surface area contributed by atoms with Crippen molar-refractivity contribution in [3.63, 3.8) is 0 Å². The smallest absolute Gasteiger partial charge is 0.200 e. The van der Waals surface area contributed by atoms with E-state index in [1.807, 2.05) is 13.0 Å². The van der Waals surface area contributed by atoms with Crippen molar-refractivity contribution in [1.82, 2.24) is 9.80 Å². The van der Waals surface area contributed by atoms with Gasteiger partial charge in [0.1, 0.15) is 17.9 Å². The Morgan fingerprint density at radius 3 is 2.55 bits per heavy atom. The molecule has 0 N–H and O–H groups in total. The molecule has 0 aliphatic carbocycles. The maximum absolute atomic E-state index is 12.7. The molecule has 1 aromatic carbocycles. The molecule has 2 aliphatic rings. The highest BCUT2D eigenvalue weighted by Crippen LogP contribution is 2.33. The number of likely N-dealkylation sites (N-methyl/N-ethyl adjacent to an activating group) is 1. The van der Waals surface area contributed by atoms with Crippen LogP contribution in [0.4, 0.5) is 5.88 Å². The summed E-state index contributed by atoms with van der Waals surface area (Å²) in [6.07, 6.45) is 0. The predicted octanol–water partition coefficient (Wildman–Crippen LogP) is 2.17. The van der Waals surface area contributed by atoms with E-state index in [4.69, 9.17) is 13.9 Å². The van der Waals surface area contributed by atoms with E-state index in [0.717, 1.165) is 60.7 Å². The van der Waals surface area contributed by atoms with E-state index >= 15 is 0 Å². The van der Waals surface area contributed by atoms with Crippen LogP contribution in [0.15, 0.2) is 21.3 Å². The number of rotatable bonds is 5. The number of ether oxygens (including phenoxy) is 2. The molecule has 0 amide bonds. The van der Waals surface area contributed by atoms with Gasteiger partial charge in [-0.25, -0.2) is 0 Å². The number of halogens is 1. The summed E-state index contributed by atoms with van der Waals surface area (Å²) in [6.45, 7) is 10.6. The van der Waals surface area contributed by atoms with Crippen molar-refractivity contribution >= 4 is 39.4 Å². The number of fused-ring (bicyclic) bond motifs is 1. The molecule has 0 spiro atoms. The van der Waals surface area contributed by atoms with Crippen LogP contribution in [0, 0.1) is 10.5 Å². The summed E-state index contributed by atoms with van der Waals surface area (Å²) in [5.74, 6) is 1.42. The molecule has 2 fully saturated rings. The zero-order valence-electron chi connectivity index (χ0n) is 17.1. The minimum Gasteiger partial charge on any atom is -0.491 e. The monoisotopic (exact) mass is 513 g/mol. The number of hydrogen-bond donors (Lipinski definition) is 0. The van der Waals surface area contributed by atoms with Crippen molar-refractivity contribution in [3.05, 3.63) is 31.5 Å². The van der Waals surface area contributed by atoms with Crippen LogP contribution >= 0.6 is 22.6 Å². The fourth-order valence-electron chi connectivity index (χ4n) is 3.85. The zero-order valence-corrected chi connectivity index (χ0v) is 19.2. The summed E-state index contributed by atoms with van der Waals surface area (Å²) in [7, 11) is 2.16. The SMILES string of the molecule is Cc1c(OCCN2CCN(C)CC2)c(I)cc2c(=O)cc(N3CCOCC3)oc12. The molecule has 0 bridgehead atoms. The average molecular weight is 513 g/mol. The first kappa shape index (κ1) is 20.9. The molecule has 3 heterocycles. The van der Waals surface area contributed by atoms with Gasteiger partial charge in [-0.3, -0.25) is 9.69 Å². The van der Waals surface area contributed by atoms with E-state index in [1.165, 1.54) is 0 Å². The third-order valence-electron chi connectivity index (χ3n) is 5.71. The highest BCUT2D eigenvalue weighted by Gasteiger charge is 2.20. The molecule has 0 radical (unpaired) electrons. The van der Waals surface area contributed by atoms with Gasteiger partial charge in [-0.05, 0) is 42.6 Å². The van der Waals surface area contributed by atoms with Gasteiger partial charge in [0.05, 0.1) is 22.2 Å². The molecule has 2 aliphatic heterocycles. The third-order valence-corrected chi connectivity index (χ3v) is 6.51. The van der Waals surface area contributed by atoms with Gasteiger partial charge in [-0.2, -0.15) is 0 Å². The number of piperazine rings is 1. The maximum atomic E-state index is 12.7. The summed E-state index contributed by atoms with van der Waals surface area (Å²) in [5, 5.41) is 0.607. The molecule has 0 atom stereocenters. The lowest BCUT2D eigenvalue weighted by molar-refractivity contribution is 0.121. The number of anilines is 1. The third kappa shape index (κ3) is 4.70. The Bertz CT molecular complexity index is 918. The Hall–Kier alpha value is -1.36. The Kier molecular flexibility index (Phi) is 6.63. The summed E-state index contributed by atoms with van der Waals surface area (Å²) < 4.78 is 18.7. The van der Waals surface area contributed by atoms with Crippen LogP contribution in [0.5, 0.6) is 5.75 Å². The van der Waals surface area contributed by atoms with E-state index in [9.17, 15) is 4.79 Å². The molecule has 7 nitrogen and oxygen atoms in total. The average Bonchev–Trinajstić information content (AvgIpc) is 2.73. The molecule has 1 aromatic heterocycles. The van der Waals surface area contributed by atoms with Gasteiger partial charge < -0.3 is 23.7 Å². The standard InChI is InChI=1S/C21H28IN3O4/c1-15-20-16(18(26)14-19(29-20)25-8-10-27-11-9-25)13-17(22)21(15)28-12-7-24-5-3-23(2)4-6-24/h13-14H,3-12H2,1-2H3. The van der Waals surface area contributed by atoms with Gasteiger partial charge in [0, 0.05) is 57.4 Å². The molecule has 0 unspecified atom stereocenters. The van der Waals surface area contributed by atoms with E-state index in [-0.39, 0.29) is 5.43 Å². The maximum Gasteiger partial charge on any atom is 0.200 e. The number of benzene rings is 1. The number of hydrogen-bond acceptors (Lipinski definition) is 7. The van der Waals surface area contributed by atoms with Crippen LogP contribution in [-0.2, 0) is 4.74 Å². The fraction of sp³-hybridized carbons (Fsp3) is 0.571. The zero-order chi connectivity index (χ0) is 20.4. The van der Waals surface area contributed by atoms with Crippen LogP contribution < -0.4 is 15.1 Å². The second kappa shape index (κ2) is 9.20. The Labute approximate surface area is 184 Å². The first-order valence-corrected chi connectivity index (χ1v) is 11.2. The topological polar surface area (TPSA) is 58.4 Å². The summed E-state index contributed by atoms with van der Waals surface area (Å²) in [5.41, 5.74) is 1.49. The number of morpholine rings is 1. The Balaban J connectivity index is 1.55. The van der Waals surface area contributed by atoms with E-state index in [0.29, 0.717) is 36.7 Å². The normalized spacial score (nSPS) is 19.1. The minimum atomic E-state index is -0.0160. The predicted molar refractivity (Wildman–Crippen MR) is 122 cm³/mol. The van der Waals surface area contributed by atoms with Gasteiger partial charge in [0.2, 0.25) is 0 Å². The summed E-state index contributed by atoms with van der Waals surface area (Å²) in [6, 6.07) is 3.47. The van der Waals surface area contributed by atoms with Crippen LogP contribution in [0.3, 0.4) is 0 Å². The molecule has 4 rings (SSSR count). The van der Waals surface area contributed by atoms with Crippen molar-refractivity contribution in [1.29, 1.82) is 0 Å². The lowest BCUT2D eigenvalue weighted by Crippen LogP contribution is -2.45. The molecule has 0 saturated carbocycles. The Morgan fingerprint density at radius 2 is 1.83 bits per heavy atom. The quantitative estimate of drug-likeness (QED) is 0.569. The van der Waals surface area contributed by atoms with Crippen molar-refractivity contribution in [2.75, 3.05) is 77.6 Å². The number of aryl methyl sites for hydroxylation is 1. The van der Waals surface area contributed by atoms with Crippen LogP contribution in [0.1, 0.15) is 5.56 Å². The van der Waals surface area contributed by atoms with Gasteiger partial charge in [0.15, 0.2) is 11.3 Å². The van der Waals surface area contributed by atoms with Crippen LogP contribution in [-0.4, -0.2) is 82.5 Å². The lowest BCUT2D eigenvalue weighted by atomic mass is 10.1. The second-order valence-corrected chi connectivity index (χ2v) is 8.89. The van der Waals surface area contributed by atoms with Crippen molar-refractivity contribution in [2.24, 2.45) is 0 Å². The summed E-state index contributed by atoms with van der Waals surface area (Å²) >= 11 is 2.25. The molecule has 29 heavy (non-hydrogen) atoms. The van der Waals surface area contributed by atoms with E-state index in [2.05, 4.69) is 44.3 Å². The van der Waals surface area contributed by atoms with E-state index in [1.54, 1.807) is 6.07 Å². The minimum absolute atomic E-state index is 0.0160. The van der Waals surface area contributed by atoms with Crippen molar-refractivity contribution in [2.45, 2.75) is 6.92 Å². The van der Waals surface area contributed by atoms with Gasteiger partial charge in [-0.15, -0.1) is 0 Å². The van der Waals surface area contributed by atoms with Crippen LogP contribution in [0.25, 0.3) is 11.0 Å². The first-order valence-electron chi connectivity index (χ1n) is 10.2. The largest absolute Gasteiger partial charge is 0.491 e. The number of nitrogens with zero attached hydrogens (tertiary/aromatic N) is 3. The Morgan fingerprint density at radius 1 is 1.10 bits per heavy atom. The highest BCUT2D eigenvalue weighted by atomic mass is 127.